The Labute approximate surface area is 158 Å². The number of hydrogen-bond donors (Lipinski definition) is 0. The summed E-state index contributed by atoms with van der Waals surface area (Å²) in [7, 11) is 0. The summed E-state index contributed by atoms with van der Waals surface area (Å²) in [6.45, 7) is 4.41. The summed E-state index contributed by atoms with van der Waals surface area (Å²) in [6, 6.07) is 13.9. The molecule has 2 atom stereocenters. The Bertz CT molecular complexity index is 817. The smallest absolute Gasteiger partial charge is 0.188 e. The molecule has 130 valence electrons. The van der Waals surface area contributed by atoms with Crippen molar-refractivity contribution < 1.29 is 4.74 Å². The third-order valence-corrected chi connectivity index (χ3v) is 5.17. The Morgan fingerprint density at radius 1 is 1.12 bits per heavy atom. The van der Waals surface area contributed by atoms with Crippen molar-refractivity contribution in [2.75, 3.05) is 0 Å². The fraction of sp³-hybridized carbons (Fsp3) is 0.350. The summed E-state index contributed by atoms with van der Waals surface area (Å²) in [4.78, 5) is 0. The van der Waals surface area contributed by atoms with Gasteiger partial charge < -0.3 is 4.74 Å². The molecule has 3 nitrogen and oxygen atoms in total. The van der Waals surface area contributed by atoms with Gasteiger partial charge in [0, 0.05) is 28.5 Å². The Kier molecular flexibility index (Phi) is 4.38. The van der Waals surface area contributed by atoms with E-state index >= 15 is 0 Å². The predicted molar refractivity (Wildman–Crippen MR) is 103 cm³/mol. The first-order valence-corrected chi connectivity index (χ1v) is 9.34. The summed E-state index contributed by atoms with van der Waals surface area (Å²) in [6.07, 6.45) is 1.71. The van der Waals surface area contributed by atoms with Crippen molar-refractivity contribution in [3.63, 3.8) is 0 Å². The monoisotopic (exact) mass is 374 g/mol. The van der Waals surface area contributed by atoms with E-state index in [1.807, 2.05) is 42.5 Å². The molecule has 0 bridgehead atoms. The summed E-state index contributed by atoms with van der Waals surface area (Å²) in [5.41, 5.74) is 3.28. The lowest BCUT2D eigenvalue weighted by atomic mass is 9.95. The minimum atomic E-state index is -0.0523. The molecular formula is C20H20Cl2N2O. The lowest BCUT2D eigenvalue weighted by Crippen LogP contribution is -2.41. The lowest BCUT2D eigenvalue weighted by Gasteiger charge is -2.38. The zero-order valence-electron chi connectivity index (χ0n) is 14.2. The van der Waals surface area contributed by atoms with Gasteiger partial charge in [0.15, 0.2) is 6.23 Å². The molecule has 5 heteroatoms. The second-order valence-corrected chi connectivity index (χ2v) is 7.91. The molecule has 0 fully saturated rings. The highest BCUT2D eigenvalue weighted by atomic mass is 35.5. The van der Waals surface area contributed by atoms with E-state index in [0.29, 0.717) is 5.92 Å². The average Bonchev–Trinajstić information content (AvgIpc) is 3.01. The van der Waals surface area contributed by atoms with E-state index in [9.17, 15) is 0 Å². The van der Waals surface area contributed by atoms with Crippen LogP contribution in [0, 0.1) is 5.92 Å². The molecule has 2 aliphatic heterocycles. The first-order chi connectivity index (χ1) is 12.0. The van der Waals surface area contributed by atoms with Gasteiger partial charge in [-0.15, -0.1) is 0 Å². The van der Waals surface area contributed by atoms with Crippen LogP contribution in [0.25, 0.3) is 0 Å². The minimum Gasteiger partial charge on any atom is -0.469 e. The van der Waals surface area contributed by atoms with Crippen molar-refractivity contribution in [1.82, 2.24) is 5.01 Å². The van der Waals surface area contributed by atoms with Crippen LogP contribution in [0.2, 0.25) is 10.0 Å². The topological polar surface area (TPSA) is 24.8 Å². The molecule has 2 aromatic carbocycles. The molecule has 0 aliphatic carbocycles. The SMILES string of the molecule is CC(C)C[C@@H]1Oc2ccc(Cl)cc2[C@@H]2CC(c3ccc(Cl)cc3)=NN12. The number of benzene rings is 2. The third-order valence-electron chi connectivity index (χ3n) is 4.68. The molecule has 2 aliphatic rings. The van der Waals surface area contributed by atoms with Gasteiger partial charge in [0.05, 0.1) is 11.8 Å². The highest BCUT2D eigenvalue weighted by molar-refractivity contribution is 6.31. The molecule has 0 saturated heterocycles. The molecular weight excluding hydrogens is 355 g/mol. The molecule has 0 N–H and O–H groups in total. The molecule has 0 aromatic heterocycles. The minimum absolute atomic E-state index is 0.0523. The number of fused-ring (bicyclic) bond motifs is 3. The predicted octanol–water partition coefficient (Wildman–Crippen LogP) is 5.91. The largest absolute Gasteiger partial charge is 0.469 e. The van der Waals surface area contributed by atoms with Crippen LogP contribution >= 0.6 is 23.2 Å². The number of ether oxygens (including phenoxy) is 1. The molecule has 25 heavy (non-hydrogen) atoms. The van der Waals surface area contributed by atoms with Crippen molar-refractivity contribution >= 4 is 28.9 Å². The molecule has 0 radical (unpaired) electrons. The van der Waals surface area contributed by atoms with Gasteiger partial charge in [-0.05, 0) is 41.8 Å². The number of hydrogen-bond acceptors (Lipinski definition) is 3. The van der Waals surface area contributed by atoms with Crippen molar-refractivity contribution in [1.29, 1.82) is 0 Å². The molecule has 0 saturated carbocycles. The average molecular weight is 375 g/mol. The van der Waals surface area contributed by atoms with Crippen molar-refractivity contribution in [2.24, 2.45) is 11.0 Å². The quantitative estimate of drug-likeness (QED) is 0.666. The normalized spacial score (nSPS) is 21.6. The Morgan fingerprint density at radius 2 is 1.84 bits per heavy atom. The van der Waals surface area contributed by atoms with E-state index < -0.39 is 0 Å². The second kappa shape index (κ2) is 6.54. The number of nitrogens with zero attached hydrogens (tertiary/aromatic N) is 2. The maximum Gasteiger partial charge on any atom is 0.188 e. The lowest BCUT2D eigenvalue weighted by molar-refractivity contribution is -0.0291. The fourth-order valence-corrected chi connectivity index (χ4v) is 3.82. The summed E-state index contributed by atoms with van der Waals surface area (Å²) in [5, 5.41) is 8.49. The van der Waals surface area contributed by atoms with Gasteiger partial charge >= 0.3 is 0 Å². The summed E-state index contributed by atoms with van der Waals surface area (Å²) in [5.74, 6) is 1.44. The highest BCUT2D eigenvalue weighted by Gasteiger charge is 2.40. The van der Waals surface area contributed by atoms with Crippen LogP contribution in [0.4, 0.5) is 0 Å². The Morgan fingerprint density at radius 3 is 2.56 bits per heavy atom. The molecule has 4 rings (SSSR count). The van der Waals surface area contributed by atoms with E-state index in [-0.39, 0.29) is 12.3 Å². The molecule has 2 heterocycles. The van der Waals surface area contributed by atoms with Crippen molar-refractivity contribution in [3.05, 3.63) is 63.6 Å². The second-order valence-electron chi connectivity index (χ2n) is 7.04. The van der Waals surface area contributed by atoms with Crippen LogP contribution in [0.15, 0.2) is 47.6 Å². The van der Waals surface area contributed by atoms with Gasteiger partial charge in [0.1, 0.15) is 5.75 Å². The maximum atomic E-state index is 6.25. The van der Waals surface area contributed by atoms with Gasteiger partial charge in [-0.25, -0.2) is 0 Å². The summed E-state index contributed by atoms with van der Waals surface area (Å²) < 4.78 is 6.25. The van der Waals surface area contributed by atoms with Crippen LogP contribution < -0.4 is 4.74 Å². The first kappa shape index (κ1) is 16.7. The van der Waals surface area contributed by atoms with Gasteiger partial charge in [0.2, 0.25) is 0 Å². The van der Waals surface area contributed by atoms with Crippen molar-refractivity contribution in [3.8, 4) is 5.75 Å². The summed E-state index contributed by atoms with van der Waals surface area (Å²) >= 11 is 12.3. The fourth-order valence-electron chi connectivity index (χ4n) is 3.51. The molecule has 0 unspecified atom stereocenters. The maximum absolute atomic E-state index is 6.25. The standard InChI is InChI=1S/C20H20Cl2N2O/c1-12(2)9-20-24-18(16-10-15(22)7-8-19(16)25-20)11-17(23-24)13-3-5-14(21)6-4-13/h3-8,10,12,18,20H,9,11H2,1-2H3/t18-,20-/m0/s1. The van der Waals surface area contributed by atoms with E-state index in [4.69, 9.17) is 33.0 Å². The van der Waals surface area contributed by atoms with E-state index in [0.717, 1.165) is 45.5 Å². The zero-order chi connectivity index (χ0) is 17.6. The van der Waals surface area contributed by atoms with Crippen molar-refractivity contribution in [2.45, 2.75) is 39.0 Å². The van der Waals surface area contributed by atoms with Gasteiger partial charge in [-0.1, -0.05) is 49.2 Å². The van der Waals surface area contributed by atoms with Gasteiger partial charge in [-0.3, -0.25) is 5.01 Å². The van der Waals surface area contributed by atoms with E-state index in [1.165, 1.54) is 0 Å². The van der Waals surface area contributed by atoms with Crippen LogP contribution in [0.3, 0.4) is 0 Å². The molecule has 0 spiro atoms. The van der Waals surface area contributed by atoms with E-state index in [1.54, 1.807) is 0 Å². The molecule has 0 amide bonds. The van der Waals surface area contributed by atoms with Crippen LogP contribution in [-0.4, -0.2) is 16.9 Å². The number of rotatable bonds is 3. The van der Waals surface area contributed by atoms with Crippen LogP contribution in [0.1, 0.15) is 43.9 Å². The number of hydrazone groups is 1. The Hall–Kier alpha value is -1.71. The van der Waals surface area contributed by atoms with Gasteiger partial charge in [0.25, 0.3) is 0 Å². The zero-order valence-corrected chi connectivity index (χ0v) is 15.8. The van der Waals surface area contributed by atoms with E-state index in [2.05, 4.69) is 18.9 Å². The van der Waals surface area contributed by atoms with Crippen LogP contribution in [-0.2, 0) is 0 Å². The molecule has 2 aromatic rings. The first-order valence-electron chi connectivity index (χ1n) is 8.59. The van der Waals surface area contributed by atoms with Crippen LogP contribution in [0.5, 0.6) is 5.75 Å². The van der Waals surface area contributed by atoms with Gasteiger partial charge in [-0.2, -0.15) is 5.10 Å². The third kappa shape index (κ3) is 3.23. The Balaban J connectivity index is 1.72. The highest BCUT2D eigenvalue weighted by Crippen LogP contribution is 2.45. The number of halogens is 2.